The number of benzene rings is 2. The smallest absolute Gasteiger partial charge is 0.306 e. The first-order chi connectivity index (χ1) is 16.8. The molecule has 0 bridgehead atoms. The molecule has 0 radical (unpaired) electrons. The summed E-state index contributed by atoms with van der Waals surface area (Å²) in [7, 11) is 0. The van der Waals surface area contributed by atoms with Gasteiger partial charge in [-0.3, -0.25) is 19.8 Å². The minimum Gasteiger partial charge on any atom is -0.481 e. The van der Waals surface area contributed by atoms with Crippen LogP contribution < -0.4 is 10.6 Å². The summed E-state index contributed by atoms with van der Waals surface area (Å²) >= 11 is 0. The molecule has 1 unspecified atom stereocenters. The zero-order valence-electron chi connectivity index (χ0n) is 20.1. The van der Waals surface area contributed by atoms with Crippen LogP contribution in [0.15, 0.2) is 54.6 Å². The van der Waals surface area contributed by atoms with Crippen LogP contribution in [-0.2, 0) is 20.9 Å². The molecule has 4 N–H and O–H groups in total. The third-order valence-corrected chi connectivity index (χ3v) is 7.23. The number of amides is 2. The maximum atomic E-state index is 13.7. The van der Waals surface area contributed by atoms with E-state index in [-0.39, 0.29) is 48.4 Å². The van der Waals surface area contributed by atoms with Gasteiger partial charge in [-0.1, -0.05) is 30.3 Å². The van der Waals surface area contributed by atoms with E-state index in [9.17, 15) is 19.5 Å². The van der Waals surface area contributed by atoms with E-state index in [1.54, 1.807) is 29.2 Å². The van der Waals surface area contributed by atoms with Crippen LogP contribution in [0.25, 0.3) is 0 Å². The number of carboxylic acids is 1. The van der Waals surface area contributed by atoms with Gasteiger partial charge < -0.3 is 20.6 Å². The highest BCUT2D eigenvalue weighted by Crippen LogP contribution is 2.32. The number of carboxylic acid groups (broad SMARTS) is 1. The molecule has 1 aliphatic carbocycles. The second kappa shape index (κ2) is 12.0. The van der Waals surface area contributed by atoms with E-state index < -0.39 is 11.9 Å². The second-order valence-electron chi connectivity index (χ2n) is 9.49. The van der Waals surface area contributed by atoms with Gasteiger partial charge in [0.1, 0.15) is 5.84 Å². The van der Waals surface area contributed by atoms with Crippen molar-refractivity contribution in [3.8, 4) is 0 Å². The Bertz CT molecular complexity index is 1080. The fourth-order valence-corrected chi connectivity index (χ4v) is 5.17. The van der Waals surface area contributed by atoms with Crippen molar-refractivity contribution in [1.29, 1.82) is 5.41 Å². The van der Waals surface area contributed by atoms with Gasteiger partial charge >= 0.3 is 5.97 Å². The molecule has 1 aliphatic heterocycles. The van der Waals surface area contributed by atoms with Crippen molar-refractivity contribution in [3.05, 3.63) is 65.7 Å². The predicted molar refractivity (Wildman–Crippen MR) is 140 cm³/mol. The highest BCUT2D eigenvalue weighted by atomic mass is 35.5. The van der Waals surface area contributed by atoms with E-state index in [2.05, 4.69) is 0 Å². The number of amidine groups is 1. The molecule has 9 heteroatoms. The van der Waals surface area contributed by atoms with Crippen molar-refractivity contribution < 1.29 is 19.5 Å². The summed E-state index contributed by atoms with van der Waals surface area (Å²) in [5.41, 5.74) is 7.88. The molecule has 1 atom stereocenters. The Morgan fingerprint density at radius 1 is 0.972 bits per heavy atom. The van der Waals surface area contributed by atoms with Crippen LogP contribution in [0.1, 0.15) is 49.7 Å². The molecule has 2 aromatic rings. The van der Waals surface area contributed by atoms with E-state index in [0.717, 1.165) is 11.3 Å². The first kappa shape index (κ1) is 27.2. The van der Waals surface area contributed by atoms with E-state index in [4.69, 9.17) is 11.1 Å². The van der Waals surface area contributed by atoms with Gasteiger partial charge in [-0.2, -0.15) is 0 Å². The number of carbonyl (C=O) groups excluding carboxylic acids is 2. The fourth-order valence-electron chi connectivity index (χ4n) is 5.17. The number of hydrogen-bond donors (Lipinski definition) is 3. The lowest BCUT2D eigenvalue weighted by Crippen LogP contribution is -2.49. The number of rotatable bonds is 7. The first-order valence-electron chi connectivity index (χ1n) is 12.2. The molecule has 36 heavy (non-hydrogen) atoms. The summed E-state index contributed by atoms with van der Waals surface area (Å²) in [6.45, 7) is 0.905. The molecule has 2 amide bonds. The normalized spacial score (nSPS) is 21.8. The third-order valence-electron chi connectivity index (χ3n) is 7.23. The Kier molecular flexibility index (Phi) is 9.09. The van der Waals surface area contributed by atoms with Crippen molar-refractivity contribution in [2.24, 2.45) is 17.6 Å². The van der Waals surface area contributed by atoms with Gasteiger partial charge in [-0.25, -0.2) is 0 Å². The topological polar surface area (TPSA) is 128 Å². The fraction of sp³-hybridized carbons (Fsp3) is 0.407. The minimum atomic E-state index is -0.765. The first-order valence-corrected chi connectivity index (χ1v) is 12.2. The molecule has 0 spiro atoms. The summed E-state index contributed by atoms with van der Waals surface area (Å²) in [6, 6.07) is 16.8. The van der Waals surface area contributed by atoms with Crippen molar-refractivity contribution >= 4 is 41.7 Å². The van der Waals surface area contributed by atoms with Gasteiger partial charge in [0.15, 0.2) is 0 Å². The highest BCUT2D eigenvalue weighted by molar-refractivity contribution is 5.99. The lowest BCUT2D eigenvalue weighted by molar-refractivity contribution is -0.145. The number of carbonyl (C=O) groups is 3. The number of halogens is 1. The Balaban J connectivity index is 0.00000361. The van der Waals surface area contributed by atoms with E-state index in [1.165, 1.54) is 0 Å². The number of hydrogen-bond acceptors (Lipinski definition) is 4. The van der Waals surface area contributed by atoms with E-state index >= 15 is 0 Å². The molecule has 8 nitrogen and oxygen atoms in total. The number of nitrogens with zero attached hydrogens (tertiary/aromatic N) is 2. The van der Waals surface area contributed by atoms with Crippen LogP contribution in [0.4, 0.5) is 5.69 Å². The minimum absolute atomic E-state index is 0. The Labute approximate surface area is 217 Å². The van der Waals surface area contributed by atoms with Crippen molar-refractivity contribution in [1.82, 2.24) is 4.90 Å². The molecule has 2 aliphatic rings. The summed E-state index contributed by atoms with van der Waals surface area (Å²) in [5, 5.41) is 16.9. The summed E-state index contributed by atoms with van der Waals surface area (Å²) in [6.07, 6.45) is 3.14. The van der Waals surface area contributed by atoms with Gasteiger partial charge in [-0.15, -0.1) is 12.4 Å². The number of nitrogens with two attached hydrogens (primary N) is 1. The van der Waals surface area contributed by atoms with Crippen LogP contribution in [0.2, 0.25) is 0 Å². The molecule has 1 saturated carbocycles. The van der Waals surface area contributed by atoms with Crippen LogP contribution in [0, 0.1) is 17.2 Å². The predicted octanol–water partition coefficient (Wildman–Crippen LogP) is 3.81. The lowest BCUT2D eigenvalue weighted by atomic mass is 9.84. The maximum Gasteiger partial charge on any atom is 0.306 e. The van der Waals surface area contributed by atoms with E-state index in [0.29, 0.717) is 50.8 Å². The molecular weight excluding hydrogens is 480 g/mol. The molecule has 1 saturated heterocycles. The molecule has 0 aromatic heterocycles. The van der Waals surface area contributed by atoms with Gasteiger partial charge in [0.25, 0.3) is 0 Å². The zero-order valence-corrected chi connectivity index (χ0v) is 21.0. The highest BCUT2D eigenvalue weighted by Gasteiger charge is 2.37. The standard InChI is InChI=1S/C27H32N4O4.ClH/c28-25(29)19-6-10-22(11-7-19)30-15-14-21(16-24(30)32)26(33)31(17-18-4-2-1-3-5-18)23-12-8-20(9-13-23)27(34)35;/h1-7,10-11,20-21,23H,8-9,12-17H2,(H3,28,29)(H,34,35);1H/t20-,21?,23-;. The van der Waals surface area contributed by atoms with Gasteiger partial charge in [0.05, 0.1) is 5.92 Å². The number of piperidine rings is 1. The molecule has 4 rings (SSSR count). The largest absolute Gasteiger partial charge is 0.481 e. The third kappa shape index (κ3) is 6.23. The SMILES string of the molecule is Cl.N=C(N)c1ccc(N2CCC(C(=O)N(Cc3ccccc3)[C@H]3CC[C@H](C(=O)O)CC3)CC2=O)cc1. The maximum absolute atomic E-state index is 13.7. The second-order valence-corrected chi connectivity index (χ2v) is 9.49. The monoisotopic (exact) mass is 512 g/mol. The van der Waals surface area contributed by atoms with Crippen molar-refractivity contribution in [2.45, 2.75) is 51.1 Å². The quantitative estimate of drug-likeness (QED) is 0.384. The lowest BCUT2D eigenvalue weighted by Gasteiger charge is -2.39. The molecule has 2 aromatic carbocycles. The Morgan fingerprint density at radius 2 is 1.61 bits per heavy atom. The number of nitrogen functional groups attached to an aromatic ring is 1. The summed E-state index contributed by atoms with van der Waals surface area (Å²) < 4.78 is 0. The van der Waals surface area contributed by atoms with Crippen LogP contribution in [0.5, 0.6) is 0 Å². The van der Waals surface area contributed by atoms with Gasteiger partial charge in [0.2, 0.25) is 11.8 Å². The zero-order chi connectivity index (χ0) is 24.9. The Hall–Kier alpha value is -3.39. The molecule has 1 heterocycles. The molecule has 192 valence electrons. The average Bonchev–Trinajstić information content (AvgIpc) is 2.87. The van der Waals surface area contributed by atoms with Gasteiger partial charge in [-0.05, 0) is 61.9 Å². The van der Waals surface area contributed by atoms with Gasteiger partial charge in [0, 0.05) is 42.7 Å². The van der Waals surface area contributed by atoms with Crippen LogP contribution >= 0.6 is 12.4 Å². The number of aliphatic carboxylic acids is 1. The van der Waals surface area contributed by atoms with Crippen molar-refractivity contribution in [3.63, 3.8) is 0 Å². The molecule has 2 fully saturated rings. The molecular formula is C27H33ClN4O4. The van der Waals surface area contributed by atoms with E-state index in [1.807, 2.05) is 35.2 Å². The number of nitrogens with one attached hydrogen (secondary N) is 1. The van der Waals surface area contributed by atoms with Crippen molar-refractivity contribution in [2.75, 3.05) is 11.4 Å². The average molecular weight is 513 g/mol. The summed E-state index contributed by atoms with van der Waals surface area (Å²) in [4.78, 5) is 41.7. The van der Waals surface area contributed by atoms with Crippen LogP contribution in [-0.4, -0.2) is 46.2 Å². The number of anilines is 1. The van der Waals surface area contributed by atoms with Crippen LogP contribution in [0.3, 0.4) is 0 Å². The summed E-state index contributed by atoms with van der Waals surface area (Å²) in [5.74, 6) is -1.65. The Morgan fingerprint density at radius 3 is 2.17 bits per heavy atom.